The van der Waals surface area contributed by atoms with Crippen LogP contribution in [0.25, 0.3) is 0 Å². The third-order valence-corrected chi connectivity index (χ3v) is 3.78. The zero-order valence-corrected chi connectivity index (χ0v) is 11.7. The minimum Gasteiger partial charge on any atom is -0.508 e. The molecule has 0 aromatic heterocycles. The molecule has 1 unspecified atom stereocenters. The van der Waals surface area contributed by atoms with Gasteiger partial charge < -0.3 is 14.9 Å². The van der Waals surface area contributed by atoms with E-state index in [1.807, 2.05) is 24.3 Å². The van der Waals surface area contributed by atoms with Gasteiger partial charge in [-0.25, -0.2) is 0 Å². The summed E-state index contributed by atoms with van der Waals surface area (Å²) in [4.78, 5) is 0. The molecule has 1 heterocycles. The van der Waals surface area contributed by atoms with Crippen LogP contribution in [0, 0.1) is 0 Å². The molecular formula is C15H13BrO3. The van der Waals surface area contributed by atoms with Gasteiger partial charge in [-0.05, 0) is 29.8 Å². The van der Waals surface area contributed by atoms with E-state index in [1.54, 1.807) is 18.2 Å². The number of halogens is 1. The number of benzene rings is 2. The molecule has 0 amide bonds. The lowest BCUT2D eigenvalue weighted by Crippen LogP contribution is -2.18. The molecule has 1 aliphatic rings. The number of aliphatic hydroxyl groups is 1. The second kappa shape index (κ2) is 4.87. The normalized spacial score (nSPS) is 21.6. The van der Waals surface area contributed by atoms with Crippen molar-refractivity contribution >= 4 is 15.9 Å². The van der Waals surface area contributed by atoms with Crippen LogP contribution in [0.15, 0.2) is 46.9 Å². The maximum atomic E-state index is 10.2. The standard InChI is InChI=1S/C15H13BrO3/c16-10-4-5-12-13(18)8-14(19-15(12)7-10)9-2-1-3-11(17)6-9/h1-7,13-14,17-18H,8H2/t13-,14?/m1/s1. The largest absolute Gasteiger partial charge is 0.508 e. The molecule has 0 saturated carbocycles. The van der Waals surface area contributed by atoms with Gasteiger partial charge >= 0.3 is 0 Å². The van der Waals surface area contributed by atoms with Crippen LogP contribution in [0.3, 0.4) is 0 Å². The summed E-state index contributed by atoms with van der Waals surface area (Å²) in [6.07, 6.45) is -0.314. The van der Waals surface area contributed by atoms with Gasteiger partial charge in [0.05, 0.1) is 6.10 Å². The molecule has 0 fully saturated rings. The molecule has 3 nitrogen and oxygen atoms in total. The number of phenols is 1. The molecule has 19 heavy (non-hydrogen) atoms. The van der Waals surface area contributed by atoms with Gasteiger partial charge in [0.1, 0.15) is 17.6 Å². The summed E-state index contributed by atoms with van der Waals surface area (Å²) < 4.78 is 6.84. The number of aliphatic hydroxyl groups excluding tert-OH is 1. The fourth-order valence-corrected chi connectivity index (χ4v) is 2.69. The number of ether oxygens (including phenoxy) is 1. The van der Waals surface area contributed by atoms with Crippen LogP contribution >= 0.6 is 15.9 Å². The number of phenolic OH excluding ortho intramolecular Hbond substituents is 1. The summed E-state index contributed by atoms with van der Waals surface area (Å²) in [5.74, 6) is 0.886. The quantitative estimate of drug-likeness (QED) is 0.842. The Kier molecular flexibility index (Phi) is 3.21. The Morgan fingerprint density at radius 3 is 2.79 bits per heavy atom. The van der Waals surface area contributed by atoms with Crippen LogP contribution < -0.4 is 4.74 Å². The lowest BCUT2D eigenvalue weighted by Gasteiger charge is -2.30. The molecule has 0 radical (unpaired) electrons. The van der Waals surface area contributed by atoms with E-state index in [2.05, 4.69) is 15.9 Å². The third kappa shape index (κ3) is 2.46. The van der Waals surface area contributed by atoms with Gasteiger partial charge in [0, 0.05) is 16.5 Å². The van der Waals surface area contributed by atoms with Crippen LogP contribution in [-0.2, 0) is 0 Å². The number of hydrogen-bond donors (Lipinski definition) is 2. The SMILES string of the molecule is Oc1cccc(C2C[C@@H](O)c3ccc(Br)cc3O2)c1. The molecule has 2 N–H and O–H groups in total. The van der Waals surface area contributed by atoms with Crippen molar-refractivity contribution in [1.29, 1.82) is 0 Å². The van der Waals surface area contributed by atoms with E-state index in [1.165, 1.54) is 0 Å². The van der Waals surface area contributed by atoms with Crippen molar-refractivity contribution < 1.29 is 14.9 Å². The first-order valence-corrected chi connectivity index (χ1v) is 6.86. The summed E-state index contributed by atoms with van der Waals surface area (Å²) in [5.41, 5.74) is 1.67. The molecule has 0 spiro atoms. The van der Waals surface area contributed by atoms with E-state index < -0.39 is 6.10 Å². The van der Waals surface area contributed by atoms with Crippen molar-refractivity contribution in [3.05, 3.63) is 58.1 Å². The summed E-state index contributed by atoms with van der Waals surface area (Å²) in [7, 11) is 0. The maximum Gasteiger partial charge on any atom is 0.127 e. The number of hydrogen-bond acceptors (Lipinski definition) is 3. The minimum atomic E-state index is -0.552. The monoisotopic (exact) mass is 320 g/mol. The van der Waals surface area contributed by atoms with Gasteiger partial charge in [-0.1, -0.05) is 34.1 Å². The summed E-state index contributed by atoms with van der Waals surface area (Å²) >= 11 is 3.40. The van der Waals surface area contributed by atoms with Crippen molar-refractivity contribution in [2.45, 2.75) is 18.6 Å². The summed E-state index contributed by atoms with van der Waals surface area (Å²) in [6.45, 7) is 0. The van der Waals surface area contributed by atoms with Crippen molar-refractivity contribution in [3.8, 4) is 11.5 Å². The second-order valence-electron chi connectivity index (χ2n) is 4.64. The first-order valence-electron chi connectivity index (χ1n) is 6.06. The highest BCUT2D eigenvalue weighted by Gasteiger charge is 2.28. The zero-order valence-electron chi connectivity index (χ0n) is 10.1. The van der Waals surface area contributed by atoms with Crippen LogP contribution in [0.1, 0.15) is 29.8 Å². The molecule has 0 aliphatic carbocycles. The van der Waals surface area contributed by atoms with Crippen molar-refractivity contribution in [1.82, 2.24) is 0 Å². The Hall–Kier alpha value is -1.52. The van der Waals surface area contributed by atoms with Gasteiger partial charge in [-0.3, -0.25) is 0 Å². The Balaban J connectivity index is 1.96. The number of aromatic hydroxyl groups is 1. The molecule has 2 aromatic rings. The molecule has 1 aliphatic heterocycles. The lowest BCUT2D eigenvalue weighted by atomic mass is 9.95. The van der Waals surface area contributed by atoms with Crippen LogP contribution in [-0.4, -0.2) is 10.2 Å². The predicted octanol–water partition coefficient (Wildman–Crippen LogP) is 3.71. The highest BCUT2D eigenvalue weighted by Crippen LogP contribution is 2.42. The molecule has 98 valence electrons. The second-order valence-corrected chi connectivity index (χ2v) is 5.55. The van der Waals surface area contributed by atoms with Crippen LogP contribution in [0.5, 0.6) is 11.5 Å². The lowest BCUT2D eigenvalue weighted by molar-refractivity contribution is 0.0655. The Labute approximate surface area is 119 Å². The van der Waals surface area contributed by atoms with E-state index >= 15 is 0 Å². The van der Waals surface area contributed by atoms with Crippen molar-refractivity contribution in [2.24, 2.45) is 0 Å². The van der Waals surface area contributed by atoms with E-state index in [9.17, 15) is 10.2 Å². The number of fused-ring (bicyclic) bond motifs is 1. The fourth-order valence-electron chi connectivity index (χ4n) is 2.35. The molecule has 3 rings (SSSR count). The predicted molar refractivity (Wildman–Crippen MR) is 75.2 cm³/mol. The van der Waals surface area contributed by atoms with Crippen LogP contribution in [0.2, 0.25) is 0 Å². The van der Waals surface area contributed by atoms with Crippen molar-refractivity contribution in [3.63, 3.8) is 0 Å². The van der Waals surface area contributed by atoms with E-state index in [0.717, 1.165) is 15.6 Å². The van der Waals surface area contributed by atoms with E-state index in [-0.39, 0.29) is 11.9 Å². The average molecular weight is 321 g/mol. The van der Waals surface area contributed by atoms with Gasteiger partial charge in [0.25, 0.3) is 0 Å². The van der Waals surface area contributed by atoms with Crippen LogP contribution in [0.4, 0.5) is 0 Å². The highest BCUT2D eigenvalue weighted by molar-refractivity contribution is 9.10. The highest BCUT2D eigenvalue weighted by atomic mass is 79.9. The summed E-state index contributed by atoms with van der Waals surface area (Å²) in [5, 5.41) is 19.7. The van der Waals surface area contributed by atoms with Gasteiger partial charge in [0.2, 0.25) is 0 Å². The maximum absolute atomic E-state index is 10.2. The number of rotatable bonds is 1. The van der Waals surface area contributed by atoms with Gasteiger partial charge in [0.15, 0.2) is 0 Å². The molecule has 2 atom stereocenters. The summed E-state index contributed by atoms with van der Waals surface area (Å²) in [6, 6.07) is 12.6. The molecule has 2 aromatic carbocycles. The molecule has 0 saturated heterocycles. The Morgan fingerprint density at radius 1 is 1.16 bits per heavy atom. The third-order valence-electron chi connectivity index (χ3n) is 3.28. The smallest absolute Gasteiger partial charge is 0.127 e. The molecular weight excluding hydrogens is 308 g/mol. The Morgan fingerprint density at radius 2 is 2.00 bits per heavy atom. The van der Waals surface area contributed by atoms with E-state index in [0.29, 0.717) is 12.2 Å². The topological polar surface area (TPSA) is 49.7 Å². The zero-order chi connectivity index (χ0) is 13.4. The average Bonchev–Trinajstić information content (AvgIpc) is 2.38. The first kappa shape index (κ1) is 12.5. The van der Waals surface area contributed by atoms with E-state index in [4.69, 9.17) is 4.74 Å². The van der Waals surface area contributed by atoms with Gasteiger partial charge in [-0.15, -0.1) is 0 Å². The minimum absolute atomic E-state index is 0.204. The first-order chi connectivity index (χ1) is 9.13. The molecule has 0 bridgehead atoms. The van der Waals surface area contributed by atoms with Gasteiger partial charge in [-0.2, -0.15) is 0 Å². The Bertz CT molecular complexity index is 612. The van der Waals surface area contributed by atoms with Crippen molar-refractivity contribution in [2.75, 3.05) is 0 Å². The fraction of sp³-hybridized carbons (Fsp3) is 0.200. The molecule has 4 heteroatoms.